The minimum atomic E-state index is -0.316. The normalized spacial score (nSPS) is 11.2. The van der Waals surface area contributed by atoms with Crippen LogP contribution in [0.5, 0.6) is 5.75 Å². The maximum Gasteiger partial charge on any atom is 0.353 e. The molecule has 0 unspecified atom stereocenters. The van der Waals surface area contributed by atoms with E-state index in [0.717, 1.165) is 16.7 Å². The van der Waals surface area contributed by atoms with Crippen LogP contribution in [0, 0.1) is 0 Å². The summed E-state index contributed by atoms with van der Waals surface area (Å²) in [5.74, 6) is 0.863. The van der Waals surface area contributed by atoms with Crippen molar-refractivity contribution >= 4 is 22.5 Å². The fourth-order valence-electron chi connectivity index (χ4n) is 2.77. The fraction of sp³-hybridized carbons (Fsp3) is 0.118. The van der Waals surface area contributed by atoms with Gasteiger partial charge in [-0.15, -0.1) is 5.10 Å². The first-order chi connectivity index (χ1) is 11.7. The summed E-state index contributed by atoms with van der Waals surface area (Å²) in [7, 11) is 1.61. The average molecular weight is 321 g/mol. The van der Waals surface area contributed by atoms with Gasteiger partial charge in [0.1, 0.15) is 5.75 Å². The summed E-state index contributed by atoms with van der Waals surface area (Å²) in [6.45, 7) is 0.325. The first-order valence-electron chi connectivity index (χ1n) is 7.44. The average Bonchev–Trinajstić information content (AvgIpc) is 2.93. The second-order valence-electron chi connectivity index (χ2n) is 5.44. The lowest BCUT2D eigenvalue weighted by Gasteiger charge is -2.03. The molecule has 0 aliphatic rings. The number of hydrogen-bond donors (Lipinski definition) is 1. The Balaban J connectivity index is 1.90. The molecule has 24 heavy (non-hydrogen) atoms. The van der Waals surface area contributed by atoms with Gasteiger partial charge in [0.25, 0.3) is 0 Å². The van der Waals surface area contributed by atoms with E-state index in [-0.39, 0.29) is 11.6 Å². The summed E-state index contributed by atoms with van der Waals surface area (Å²) in [6, 6.07) is 15.0. The van der Waals surface area contributed by atoms with Crippen molar-refractivity contribution in [2.45, 2.75) is 6.54 Å². The van der Waals surface area contributed by atoms with Crippen molar-refractivity contribution in [2.75, 3.05) is 12.8 Å². The lowest BCUT2D eigenvalue weighted by atomic mass is 10.2. The van der Waals surface area contributed by atoms with Crippen LogP contribution in [0.2, 0.25) is 0 Å². The van der Waals surface area contributed by atoms with Crippen LogP contribution >= 0.6 is 0 Å². The summed E-state index contributed by atoms with van der Waals surface area (Å²) < 4.78 is 7.93. The summed E-state index contributed by atoms with van der Waals surface area (Å²) in [5, 5.41) is 5.24. The van der Waals surface area contributed by atoms with Crippen LogP contribution in [0.15, 0.2) is 53.3 Å². The van der Waals surface area contributed by atoms with E-state index in [2.05, 4.69) is 10.1 Å². The molecule has 0 spiro atoms. The van der Waals surface area contributed by atoms with E-state index in [0.29, 0.717) is 17.7 Å². The van der Waals surface area contributed by atoms with Crippen LogP contribution in [0.25, 0.3) is 16.6 Å². The maximum absolute atomic E-state index is 12.7. The molecule has 2 aromatic heterocycles. The molecule has 0 saturated carbocycles. The molecule has 0 amide bonds. The van der Waals surface area contributed by atoms with E-state index in [1.165, 1.54) is 9.08 Å². The van der Waals surface area contributed by atoms with Gasteiger partial charge in [-0.05, 0) is 29.8 Å². The predicted molar refractivity (Wildman–Crippen MR) is 91.3 cm³/mol. The first-order valence-corrected chi connectivity index (χ1v) is 7.44. The number of rotatable bonds is 3. The second-order valence-corrected chi connectivity index (χ2v) is 5.44. The van der Waals surface area contributed by atoms with Crippen LogP contribution in [0.3, 0.4) is 0 Å². The number of hydrogen-bond acceptors (Lipinski definition) is 5. The molecule has 0 atom stereocenters. The van der Waals surface area contributed by atoms with Gasteiger partial charge in [-0.1, -0.05) is 24.3 Å². The number of anilines is 1. The van der Waals surface area contributed by atoms with Crippen LogP contribution in [-0.4, -0.2) is 26.3 Å². The Labute approximate surface area is 136 Å². The van der Waals surface area contributed by atoms with E-state index in [1.54, 1.807) is 7.11 Å². The number of nitrogens with two attached hydrogens (primary N) is 1. The highest BCUT2D eigenvalue weighted by Crippen LogP contribution is 2.18. The van der Waals surface area contributed by atoms with E-state index >= 15 is 0 Å². The SMILES string of the molecule is COc1cccc(Cn2nc3c4ccccc4nc(N)n3c2=O)c1. The van der Waals surface area contributed by atoms with Crippen LogP contribution < -0.4 is 16.2 Å². The van der Waals surface area contributed by atoms with E-state index in [9.17, 15) is 4.79 Å². The molecule has 0 fully saturated rings. The maximum atomic E-state index is 12.7. The Morgan fingerprint density at radius 1 is 1.17 bits per heavy atom. The highest BCUT2D eigenvalue weighted by atomic mass is 16.5. The number of benzene rings is 2. The van der Waals surface area contributed by atoms with Gasteiger partial charge in [0.15, 0.2) is 5.65 Å². The zero-order chi connectivity index (χ0) is 16.7. The number of fused-ring (bicyclic) bond motifs is 3. The van der Waals surface area contributed by atoms with Gasteiger partial charge in [0.05, 0.1) is 19.2 Å². The van der Waals surface area contributed by atoms with Crippen LogP contribution in [0.4, 0.5) is 5.95 Å². The largest absolute Gasteiger partial charge is 0.497 e. The highest BCUT2D eigenvalue weighted by Gasteiger charge is 2.14. The molecular formula is C17H15N5O2. The third kappa shape index (κ3) is 2.18. The topological polar surface area (TPSA) is 87.4 Å². The van der Waals surface area contributed by atoms with E-state index in [4.69, 9.17) is 10.5 Å². The Kier molecular flexibility index (Phi) is 3.19. The van der Waals surface area contributed by atoms with Crippen molar-refractivity contribution in [1.82, 2.24) is 19.2 Å². The molecule has 0 radical (unpaired) electrons. The number of aromatic nitrogens is 4. The quantitative estimate of drug-likeness (QED) is 0.620. The molecule has 2 N–H and O–H groups in total. The van der Waals surface area contributed by atoms with Crippen molar-refractivity contribution in [2.24, 2.45) is 0 Å². The number of para-hydroxylation sites is 1. The molecule has 7 heteroatoms. The molecule has 2 heterocycles. The molecule has 4 rings (SSSR count). The third-order valence-corrected chi connectivity index (χ3v) is 3.91. The zero-order valence-corrected chi connectivity index (χ0v) is 13.0. The minimum absolute atomic E-state index is 0.130. The number of methoxy groups -OCH3 is 1. The zero-order valence-electron chi connectivity index (χ0n) is 13.0. The minimum Gasteiger partial charge on any atom is -0.497 e. The molecular weight excluding hydrogens is 306 g/mol. The van der Waals surface area contributed by atoms with Crippen molar-refractivity contribution in [3.05, 3.63) is 64.6 Å². The Morgan fingerprint density at radius 3 is 2.83 bits per heavy atom. The lowest BCUT2D eigenvalue weighted by molar-refractivity contribution is 0.414. The molecule has 4 aromatic rings. The van der Waals surface area contributed by atoms with Crippen molar-refractivity contribution < 1.29 is 4.74 Å². The van der Waals surface area contributed by atoms with Gasteiger partial charge in [-0.2, -0.15) is 0 Å². The number of nitrogens with zero attached hydrogens (tertiary/aromatic N) is 4. The Bertz CT molecular complexity index is 1110. The standard InChI is InChI=1S/C17H15N5O2/c1-24-12-6-4-5-11(9-12)10-21-17(23)22-15(20-21)13-7-2-3-8-14(13)19-16(22)18/h2-9H,10H2,1H3,(H2,18,19). The number of ether oxygens (including phenoxy) is 1. The number of nitrogen functional groups attached to an aromatic ring is 1. The second kappa shape index (κ2) is 5.38. The van der Waals surface area contributed by atoms with Crippen molar-refractivity contribution in [1.29, 1.82) is 0 Å². The van der Waals surface area contributed by atoms with Crippen molar-refractivity contribution in [3.8, 4) is 5.75 Å². The molecule has 120 valence electrons. The Morgan fingerprint density at radius 2 is 2.00 bits per heavy atom. The lowest BCUT2D eigenvalue weighted by Crippen LogP contribution is -2.23. The van der Waals surface area contributed by atoms with Gasteiger partial charge in [-0.25, -0.2) is 18.9 Å². The summed E-state index contributed by atoms with van der Waals surface area (Å²) in [6.07, 6.45) is 0. The first kappa shape index (κ1) is 14.3. The molecule has 0 bridgehead atoms. The third-order valence-electron chi connectivity index (χ3n) is 3.91. The highest BCUT2D eigenvalue weighted by molar-refractivity contribution is 5.91. The van der Waals surface area contributed by atoms with Gasteiger partial charge in [0, 0.05) is 5.39 Å². The molecule has 7 nitrogen and oxygen atoms in total. The van der Waals surface area contributed by atoms with Gasteiger partial charge >= 0.3 is 5.69 Å². The smallest absolute Gasteiger partial charge is 0.353 e. The van der Waals surface area contributed by atoms with Crippen LogP contribution in [0.1, 0.15) is 5.56 Å². The fourth-order valence-corrected chi connectivity index (χ4v) is 2.77. The molecule has 2 aromatic carbocycles. The molecule has 0 saturated heterocycles. The summed E-state index contributed by atoms with van der Waals surface area (Å²) in [4.78, 5) is 16.9. The molecule has 0 aliphatic heterocycles. The monoisotopic (exact) mass is 321 g/mol. The van der Waals surface area contributed by atoms with Crippen molar-refractivity contribution in [3.63, 3.8) is 0 Å². The van der Waals surface area contributed by atoms with E-state index in [1.807, 2.05) is 48.5 Å². The summed E-state index contributed by atoms with van der Waals surface area (Å²) in [5.41, 5.74) is 7.77. The van der Waals surface area contributed by atoms with Gasteiger partial charge < -0.3 is 10.5 Å². The predicted octanol–water partition coefficient (Wildman–Crippen LogP) is 1.68. The van der Waals surface area contributed by atoms with Crippen LogP contribution in [-0.2, 0) is 6.54 Å². The van der Waals surface area contributed by atoms with Gasteiger partial charge in [0.2, 0.25) is 5.95 Å². The molecule has 0 aliphatic carbocycles. The summed E-state index contributed by atoms with van der Waals surface area (Å²) >= 11 is 0. The van der Waals surface area contributed by atoms with Gasteiger partial charge in [-0.3, -0.25) is 0 Å². The van der Waals surface area contributed by atoms with E-state index < -0.39 is 0 Å². The Hall–Kier alpha value is -3.35.